The van der Waals surface area contributed by atoms with Crippen LogP contribution in [-0.4, -0.2) is 61.6 Å². The fourth-order valence-electron chi connectivity index (χ4n) is 3.26. The Kier molecular flexibility index (Phi) is 7.39. The molecule has 2 aromatic rings. The molecule has 1 aliphatic heterocycles. The molecule has 0 radical (unpaired) electrons. The van der Waals surface area contributed by atoms with Gasteiger partial charge in [0, 0.05) is 39.3 Å². The highest BCUT2D eigenvalue weighted by Gasteiger charge is 2.18. The average molecular weight is 385 g/mol. The first kappa shape index (κ1) is 20.3. The molecule has 150 valence electrons. The quantitative estimate of drug-likeness (QED) is 0.758. The molecule has 5 nitrogen and oxygen atoms in total. The Morgan fingerprint density at radius 2 is 1.79 bits per heavy atom. The van der Waals surface area contributed by atoms with E-state index in [4.69, 9.17) is 4.74 Å². The number of aryl methyl sites for hydroxylation is 1. The summed E-state index contributed by atoms with van der Waals surface area (Å²) in [6.45, 7) is 7.71. The van der Waals surface area contributed by atoms with Gasteiger partial charge in [0.25, 0.3) is 0 Å². The molecule has 1 aliphatic rings. The van der Waals surface area contributed by atoms with Crippen molar-refractivity contribution in [3.05, 3.63) is 65.5 Å². The van der Waals surface area contributed by atoms with Gasteiger partial charge in [-0.3, -0.25) is 14.6 Å². The summed E-state index contributed by atoms with van der Waals surface area (Å²) < 4.78 is 19.0. The highest BCUT2D eigenvalue weighted by molar-refractivity contribution is 5.78. The zero-order valence-corrected chi connectivity index (χ0v) is 16.4. The molecule has 0 atom stereocenters. The summed E-state index contributed by atoms with van der Waals surface area (Å²) in [5, 5.41) is 2.92. The van der Waals surface area contributed by atoms with E-state index in [2.05, 4.69) is 15.1 Å². The van der Waals surface area contributed by atoms with E-state index in [1.54, 1.807) is 19.1 Å². The van der Waals surface area contributed by atoms with Gasteiger partial charge in [-0.25, -0.2) is 4.39 Å². The first-order valence-corrected chi connectivity index (χ1v) is 9.74. The molecule has 0 bridgehead atoms. The maximum absolute atomic E-state index is 13.3. The minimum Gasteiger partial charge on any atom is -0.492 e. The van der Waals surface area contributed by atoms with Crippen molar-refractivity contribution in [1.82, 2.24) is 15.1 Å². The summed E-state index contributed by atoms with van der Waals surface area (Å²) in [5.74, 6) is 0.680. The van der Waals surface area contributed by atoms with Crippen LogP contribution >= 0.6 is 0 Å². The van der Waals surface area contributed by atoms with Crippen molar-refractivity contribution in [3.63, 3.8) is 0 Å². The summed E-state index contributed by atoms with van der Waals surface area (Å²) >= 11 is 0. The number of amides is 1. The first-order chi connectivity index (χ1) is 13.6. The van der Waals surface area contributed by atoms with Gasteiger partial charge in [-0.1, -0.05) is 30.3 Å². The van der Waals surface area contributed by atoms with Crippen molar-refractivity contribution in [3.8, 4) is 5.75 Å². The zero-order valence-electron chi connectivity index (χ0n) is 16.4. The second-order valence-corrected chi connectivity index (χ2v) is 7.14. The molecule has 0 aliphatic carbocycles. The van der Waals surface area contributed by atoms with Crippen molar-refractivity contribution in [2.24, 2.45) is 0 Å². The SMILES string of the molecule is Cc1cc(CNC(=O)CN2CCN(CCOc3ccccc3)CC2)ccc1F. The maximum atomic E-state index is 13.3. The van der Waals surface area contributed by atoms with Gasteiger partial charge >= 0.3 is 0 Å². The Bertz CT molecular complexity index is 762. The summed E-state index contributed by atoms with van der Waals surface area (Å²) in [4.78, 5) is 16.7. The predicted octanol–water partition coefficient (Wildman–Crippen LogP) is 2.45. The van der Waals surface area contributed by atoms with Crippen LogP contribution in [0.1, 0.15) is 11.1 Å². The molecule has 1 N–H and O–H groups in total. The number of benzene rings is 2. The Labute approximate surface area is 166 Å². The van der Waals surface area contributed by atoms with Crippen LogP contribution < -0.4 is 10.1 Å². The predicted molar refractivity (Wildman–Crippen MR) is 108 cm³/mol. The van der Waals surface area contributed by atoms with Crippen molar-refractivity contribution in [2.75, 3.05) is 45.9 Å². The fraction of sp³-hybridized carbons (Fsp3) is 0.409. The third-order valence-electron chi connectivity index (χ3n) is 4.96. The van der Waals surface area contributed by atoms with Crippen LogP contribution in [0.2, 0.25) is 0 Å². The van der Waals surface area contributed by atoms with Crippen molar-refractivity contribution in [1.29, 1.82) is 0 Å². The monoisotopic (exact) mass is 385 g/mol. The molecule has 3 rings (SSSR count). The fourth-order valence-corrected chi connectivity index (χ4v) is 3.26. The number of piperazine rings is 1. The molecule has 1 fully saturated rings. The Balaban J connectivity index is 1.31. The van der Waals surface area contributed by atoms with Crippen LogP contribution in [0.15, 0.2) is 48.5 Å². The highest BCUT2D eigenvalue weighted by Crippen LogP contribution is 2.10. The lowest BCUT2D eigenvalue weighted by atomic mass is 10.1. The topological polar surface area (TPSA) is 44.8 Å². The smallest absolute Gasteiger partial charge is 0.234 e. The van der Waals surface area contributed by atoms with E-state index in [0.29, 0.717) is 25.3 Å². The summed E-state index contributed by atoms with van der Waals surface area (Å²) in [6, 6.07) is 14.8. The number of hydrogen-bond donors (Lipinski definition) is 1. The lowest BCUT2D eigenvalue weighted by Gasteiger charge is -2.34. The van der Waals surface area contributed by atoms with Crippen LogP contribution in [0.3, 0.4) is 0 Å². The van der Waals surface area contributed by atoms with Gasteiger partial charge in [0.15, 0.2) is 0 Å². The zero-order chi connectivity index (χ0) is 19.8. The van der Waals surface area contributed by atoms with Crippen molar-refractivity contribution >= 4 is 5.91 Å². The first-order valence-electron chi connectivity index (χ1n) is 9.74. The van der Waals surface area contributed by atoms with E-state index in [0.717, 1.165) is 44.0 Å². The molecular formula is C22H28FN3O2. The molecule has 0 saturated carbocycles. The van der Waals surface area contributed by atoms with Gasteiger partial charge in [-0.15, -0.1) is 0 Å². The molecule has 0 unspecified atom stereocenters. The van der Waals surface area contributed by atoms with Gasteiger partial charge in [-0.05, 0) is 36.2 Å². The number of halogens is 1. The second kappa shape index (κ2) is 10.2. The number of para-hydroxylation sites is 1. The van der Waals surface area contributed by atoms with E-state index in [1.165, 1.54) is 6.07 Å². The number of rotatable bonds is 8. The van der Waals surface area contributed by atoms with Crippen molar-refractivity contribution < 1.29 is 13.9 Å². The molecule has 1 saturated heterocycles. The number of nitrogens with zero attached hydrogens (tertiary/aromatic N) is 2. The van der Waals surface area contributed by atoms with E-state index in [-0.39, 0.29) is 11.7 Å². The van der Waals surface area contributed by atoms with Crippen LogP contribution in [-0.2, 0) is 11.3 Å². The highest BCUT2D eigenvalue weighted by atomic mass is 19.1. The molecule has 1 amide bonds. The number of nitrogens with one attached hydrogen (secondary N) is 1. The van der Waals surface area contributed by atoms with Gasteiger partial charge in [-0.2, -0.15) is 0 Å². The number of carbonyl (C=O) groups is 1. The molecule has 6 heteroatoms. The third kappa shape index (κ3) is 6.32. The normalized spacial score (nSPS) is 15.4. The lowest BCUT2D eigenvalue weighted by Crippen LogP contribution is -2.50. The molecule has 0 spiro atoms. The largest absolute Gasteiger partial charge is 0.492 e. The number of ether oxygens (including phenoxy) is 1. The lowest BCUT2D eigenvalue weighted by molar-refractivity contribution is -0.122. The number of hydrogen-bond acceptors (Lipinski definition) is 4. The summed E-state index contributed by atoms with van der Waals surface area (Å²) in [7, 11) is 0. The van der Waals surface area contributed by atoms with Crippen molar-refractivity contribution in [2.45, 2.75) is 13.5 Å². The minimum atomic E-state index is -0.220. The summed E-state index contributed by atoms with van der Waals surface area (Å²) in [6.07, 6.45) is 0. The molecule has 28 heavy (non-hydrogen) atoms. The number of carbonyl (C=O) groups excluding carboxylic acids is 1. The van der Waals surface area contributed by atoms with Gasteiger partial charge in [0.1, 0.15) is 18.2 Å². The molecule has 0 aromatic heterocycles. The Hall–Kier alpha value is -2.44. The molecule has 2 aromatic carbocycles. The standard InChI is InChI=1S/C22H28FN3O2/c1-18-15-19(7-8-21(18)23)16-24-22(27)17-26-11-9-25(10-12-26)13-14-28-20-5-3-2-4-6-20/h2-8,15H,9-14,16-17H2,1H3,(H,24,27). The van der Waals surface area contributed by atoms with E-state index < -0.39 is 0 Å². The minimum absolute atomic E-state index is 0.00263. The van der Waals surface area contributed by atoms with Crippen LogP contribution in [0.5, 0.6) is 5.75 Å². The van der Waals surface area contributed by atoms with E-state index in [9.17, 15) is 9.18 Å². The Morgan fingerprint density at radius 1 is 1.07 bits per heavy atom. The Morgan fingerprint density at radius 3 is 2.50 bits per heavy atom. The average Bonchev–Trinajstić information content (AvgIpc) is 2.71. The van der Waals surface area contributed by atoms with E-state index >= 15 is 0 Å². The third-order valence-corrected chi connectivity index (χ3v) is 4.96. The van der Waals surface area contributed by atoms with E-state index in [1.807, 2.05) is 30.3 Å². The second-order valence-electron chi connectivity index (χ2n) is 7.14. The van der Waals surface area contributed by atoms with Gasteiger partial charge in [0.2, 0.25) is 5.91 Å². The van der Waals surface area contributed by atoms with Crippen LogP contribution in [0.4, 0.5) is 4.39 Å². The van der Waals surface area contributed by atoms with Crippen LogP contribution in [0.25, 0.3) is 0 Å². The molecule has 1 heterocycles. The van der Waals surface area contributed by atoms with Gasteiger partial charge in [0.05, 0.1) is 6.54 Å². The van der Waals surface area contributed by atoms with Crippen LogP contribution in [0, 0.1) is 12.7 Å². The maximum Gasteiger partial charge on any atom is 0.234 e. The van der Waals surface area contributed by atoms with Gasteiger partial charge < -0.3 is 10.1 Å². The molecular weight excluding hydrogens is 357 g/mol. The summed E-state index contributed by atoms with van der Waals surface area (Å²) in [5.41, 5.74) is 1.51.